The van der Waals surface area contributed by atoms with Crippen LogP contribution in [-0.2, 0) is 19.1 Å². The van der Waals surface area contributed by atoms with Crippen LogP contribution in [0.3, 0.4) is 0 Å². The molecule has 0 saturated carbocycles. The zero-order chi connectivity index (χ0) is 9.68. The Bertz CT molecular complexity index is 242. The van der Waals surface area contributed by atoms with E-state index in [1.807, 2.05) is 0 Å². The number of carbonyl (C=O) groups excluding carboxylic acids is 2. The summed E-state index contributed by atoms with van der Waals surface area (Å²) in [7, 11) is 1.27. The molecule has 72 valence electrons. The fourth-order valence-electron chi connectivity index (χ4n) is 1.09. The predicted molar refractivity (Wildman–Crippen MR) is 44.9 cm³/mol. The van der Waals surface area contributed by atoms with Crippen LogP contribution in [-0.4, -0.2) is 25.5 Å². The van der Waals surface area contributed by atoms with Crippen LogP contribution in [0.4, 0.5) is 0 Å². The van der Waals surface area contributed by atoms with E-state index in [9.17, 15) is 9.59 Å². The van der Waals surface area contributed by atoms with E-state index in [1.54, 1.807) is 0 Å². The number of esters is 1. The van der Waals surface area contributed by atoms with Crippen molar-refractivity contribution in [1.29, 1.82) is 0 Å². The highest BCUT2D eigenvalue weighted by Crippen LogP contribution is 2.14. The Kier molecular flexibility index (Phi) is 3.49. The lowest BCUT2D eigenvalue weighted by Gasteiger charge is -2.11. The monoisotopic (exact) mass is 184 g/mol. The summed E-state index contributed by atoms with van der Waals surface area (Å²) in [5, 5.41) is 0. The summed E-state index contributed by atoms with van der Waals surface area (Å²) < 4.78 is 9.37. The lowest BCUT2D eigenvalue weighted by Crippen LogP contribution is -2.14. The number of carbonyl (C=O) groups is 2. The zero-order valence-electron chi connectivity index (χ0n) is 7.54. The number of methoxy groups -OCH3 is 1. The van der Waals surface area contributed by atoms with Crippen LogP contribution in [0, 0.1) is 0 Å². The Morgan fingerprint density at radius 2 is 2.38 bits per heavy atom. The van der Waals surface area contributed by atoms with Crippen LogP contribution in [0.25, 0.3) is 0 Å². The maximum atomic E-state index is 11.3. The molecule has 0 fully saturated rings. The third-order valence-corrected chi connectivity index (χ3v) is 1.82. The van der Waals surface area contributed by atoms with Gasteiger partial charge in [-0.05, 0) is 12.8 Å². The van der Waals surface area contributed by atoms with E-state index in [-0.39, 0.29) is 12.2 Å². The molecular formula is C9H12O4. The van der Waals surface area contributed by atoms with Crippen molar-refractivity contribution < 1.29 is 19.1 Å². The van der Waals surface area contributed by atoms with E-state index in [0.29, 0.717) is 18.6 Å². The Morgan fingerprint density at radius 3 is 2.92 bits per heavy atom. The first-order chi connectivity index (χ1) is 6.24. The second-order valence-electron chi connectivity index (χ2n) is 2.79. The fourth-order valence-corrected chi connectivity index (χ4v) is 1.09. The van der Waals surface area contributed by atoms with Gasteiger partial charge in [-0.2, -0.15) is 0 Å². The highest BCUT2D eigenvalue weighted by Gasteiger charge is 2.16. The normalized spacial score (nSPS) is 15.6. The van der Waals surface area contributed by atoms with Crippen molar-refractivity contribution in [2.24, 2.45) is 0 Å². The summed E-state index contributed by atoms with van der Waals surface area (Å²) in [6.07, 6.45) is 2.77. The van der Waals surface area contributed by atoms with Crippen molar-refractivity contribution in [2.75, 3.05) is 13.7 Å². The molecule has 13 heavy (non-hydrogen) atoms. The molecule has 1 heterocycles. The van der Waals surface area contributed by atoms with Crippen LogP contribution >= 0.6 is 0 Å². The molecule has 0 aromatic rings. The van der Waals surface area contributed by atoms with Gasteiger partial charge in [0.05, 0.1) is 20.0 Å². The lowest BCUT2D eigenvalue weighted by atomic mass is 10.0. The summed E-state index contributed by atoms with van der Waals surface area (Å²) in [5.74, 6) is -0.706. The Morgan fingerprint density at radius 1 is 1.62 bits per heavy atom. The quantitative estimate of drug-likeness (QED) is 0.481. The molecule has 0 saturated heterocycles. The number of rotatable bonds is 3. The maximum Gasteiger partial charge on any atom is 0.313 e. The van der Waals surface area contributed by atoms with Gasteiger partial charge in [0, 0.05) is 5.57 Å². The van der Waals surface area contributed by atoms with Gasteiger partial charge in [-0.15, -0.1) is 0 Å². The van der Waals surface area contributed by atoms with Crippen LogP contribution < -0.4 is 0 Å². The van der Waals surface area contributed by atoms with E-state index >= 15 is 0 Å². The van der Waals surface area contributed by atoms with Gasteiger partial charge in [0.15, 0.2) is 5.78 Å². The number of Topliss-reactive ketones (excluding diaryl/α,β-unsaturated/α-hetero) is 1. The number of hydrogen-bond donors (Lipinski definition) is 0. The van der Waals surface area contributed by atoms with Gasteiger partial charge < -0.3 is 9.47 Å². The highest BCUT2D eigenvalue weighted by atomic mass is 16.5. The minimum absolute atomic E-state index is 0.189. The molecule has 0 spiro atoms. The minimum Gasteiger partial charge on any atom is -0.501 e. The molecule has 0 aromatic carbocycles. The first kappa shape index (κ1) is 9.77. The molecule has 0 N–H and O–H groups in total. The zero-order valence-corrected chi connectivity index (χ0v) is 7.54. The second-order valence-corrected chi connectivity index (χ2v) is 2.79. The molecule has 0 atom stereocenters. The summed E-state index contributed by atoms with van der Waals surface area (Å²) in [6, 6.07) is 0. The molecule has 0 aromatic heterocycles. The summed E-state index contributed by atoms with van der Waals surface area (Å²) in [5.41, 5.74) is 0.580. The van der Waals surface area contributed by atoms with Crippen molar-refractivity contribution in [3.63, 3.8) is 0 Å². The van der Waals surface area contributed by atoms with Crippen LogP contribution in [0.5, 0.6) is 0 Å². The average Bonchev–Trinajstić information content (AvgIpc) is 2.19. The van der Waals surface area contributed by atoms with Gasteiger partial charge in [0.1, 0.15) is 6.42 Å². The van der Waals surface area contributed by atoms with E-state index in [2.05, 4.69) is 4.74 Å². The SMILES string of the molecule is COC(=O)CC(=O)C1=COCCC1. The molecule has 4 nitrogen and oxygen atoms in total. The third kappa shape index (κ3) is 2.89. The largest absolute Gasteiger partial charge is 0.501 e. The minimum atomic E-state index is -0.503. The smallest absolute Gasteiger partial charge is 0.313 e. The van der Waals surface area contributed by atoms with Crippen molar-refractivity contribution in [3.8, 4) is 0 Å². The Balaban J connectivity index is 2.47. The summed E-state index contributed by atoms with van der Waals surface area (Å²) in [6.45, 7) is 0.648. The fraction of sp³-hybridized carbons (Fsp3) is 0.556. The van der Waals surface area contributed by atoms with Crippen molar-refractivity contribution in [2.45, 2.75) is 19.3 Å². The van der Waals surface area contributed by atoms with Crippen molar-refractivity contribution in [3.05, 3.63) is 11.8 Å². The van der Waals surface area contributed by atoms with Gasteiger partial charge in [-0.3, -0.25) is 9.59 Å². The van der Waals surface area contributed by atoms with Gasteiger partial charge in [-0.25, -0.2) is 0 Å². The number of hydrogen-bond acceptors (Lipinski definition) is 4. The van der Waals surface area contributed by atoms with Crippen LogP contribution in [0.2, 0.25) is 0 Å². The second kappa shape index (κ2) is 4.64. The van der Waals surface area contributed by atoms with Gasteiger partial charge >= 0.3 is 5.97 Å². The van der Waals surface area contributed by atoms with E-state index < -0.39 is 5.97 Å². The molecule has 4 heteroatoms. The molecule has 0 aliphatic carbocycles. The van der Waals surface area contributed by atoms with E-state index in [4.69, 9.17) is 4.74 Å². The first-order valence-electron chi connectivity index (χ1n) is 4.14. The summed E-state index contributed by atoms with van der Waals surface area (Å²) >= 11 is 0. The van der Waals surface area contributed by atoms with Crippen molar-refractivity contribution in [1.82, 2.24) is 0 Å². The van der Waals surface area contributed by atoms with E-state index in [0.717, 1.165) is 6.42 Å². The molecule has 1 rings (SSSR count). The van der Waals surface area contributed by atoms with Gasteiger partial charge in [0.25, 0.3) is 0 Å². The third-order valence-electron chi connectivity index (χ3n) is 1.82. The van der Waals surface area contributed by atoms with Crippen LogP contribution in [0.15, 0.2) is 11.8 Å². The first-order valence-corrected chi connectivity index (χ1v) is 4.14. The molecule has 0 bridgehead atoms. The lowest BCUT2D eigenvalue weighted by molar-refractivity contribution is -0.142. The topological polar surface area (TPSA) is 52.6 Å². The van der Waals surface area contributed by atoms with Crippen LogP contribution in [0.1, 0.15) is 19.3 Å². The Labute approximate surface area is 76.5 Å². The number of allylic oxidation sites excluding steroid dienone is 1. The molecular weight excluding hydrogens is 172 g/mol. The predicted octanol–water partition coefficient (Wildman–Crippen LogP) is 0.813. The number of ether oxygens (including phenoxy) is 2. The number of ketones is 1. The maximum absolute atomic E-state index is 11.3. The molecule has 1 aliphatic rings. The van der Waals surface area contributed by atoms with Gasteiger partial charge in [0.2, 0.25) is 0 Å². The summed E-state index contributed by atoms with van der Waals surface area (Å²) in [4.78, 5) is 22.1. The molecule has 0 amide bonds. The molecule has 0 unspecified atom stereocenters. The standard InChI is InChI=1S/C9H12O4/c1-12-9(11)5-8(10)7-3-2-4-13-6-7/h6H,2-5H2,1H3. The highest BCUT2D eigenvalue weighted by molar-refractivity contribution is 6.05. The van der Waals surface area contributed by atoms with Crippen molar-refractivity contribution >= 4 is 11.8 Å². The molecule has 0 radical (unpaired) electrons. The van der Waals surface area contributed by atoms with Gasteiger partial charge in [-0.1, -0.05) is 0 Å². The molecule has 1 aliphatic heterocycles. The Hall–Kier alpha value is -1.32. The van der Waals surface area contributed by atoms with E-state index in [1.165, 1.54) is 13.4 Å². The average molecular weight is 184 g/mol.